The van der Waals surface area contributed by atoms with Gasteiger partial charge in [0.05, 0.1) is 11.3 Å². The Kier molecular flexibility index (Phi) is 3.90. The minimum Gasteiger partial charge on any atom is -0.387 e. The summed E-state index contributed by atoms with van der Waals surface area (Å²) in [7, 11) is 1.74. The molecule has 1 heterocycles. The highest BCUT2D eigenvalue weighted by Crippen LogP contribution is 2.20. The van der Waals surface area contributed by atoms with Crippen LogP contribution in [0.15, 0.2) is 24.4 Å². The third kappa shape index (κ3) is 2.71. The van der Waals surface area contributed by atoms with E-state index >= 15 is 0 Å². The highest BCUT2D eigenvalue weighted by Gasteiger charge is 2.06. The molecule has 3 N–H and O–H groups in total. The topological polar surface area (TPSA) is 126 Å². The molecule has 20 heavy (non-hydrogen) atoms. The number of nitriles is 2. The number of hydrogen-bond donors (Lipinski definition) is 3. The summed E-state index contributed by atoms with van der Waals surface area (Å²) >= 11 is 0. The van der Waals surface area contributed by atoms with E-state index in [1.54, 1.807) is 25.2 Å². The van der Waals surface area contributed by atoms with Crippen molar-refractivity contribution in [2.24, 2.45) is 0 Å². The fourth-order valence-corrected chi connectivity index (χ4v) is 1.52. The Balaban J connectivity index is 2.23. The molecule has 0 aliphatic carbocycles. The van der Waals surface area contributed by atoms with E-state index in [9.17, 15) is 0 Å². The van der Waals surface area contributed by atoms with E-state index < -0.39 is 0 Å². The van der Waals surface area contributed by atoms with Gasteiger partial charge in [-0.15, -0.1) is 10.2 Å². The fraction of sp³-hybridized carbons (Fsp3) is 0.0833. The molecule has 0 saturated carbocycles. The molecular weight excluding hydrogens is 256 g/mol. The van der Waals surface area contributed by atoms with E-state index in [0.717, 1.165) is 5.69 Å². The van der Waals surface area contributed by atoms with E-state index in [0.29, 0.717) is 11.3 Å². The van der Waals surface area contributed by atoms with Gasteiger partial charge in [0.25, 0.3) is 0 Å². The Morgan fingerprint density at radius 1 is 1.40 bits per heavy atom. The average Bonchev–Trinajstić information content (AvgIpc) is 3.02. The number of aromatic nitrogens is 4. The van der Waals surface area contributed by atoms with Crippen LogP contribution in [0.1, 0.15) is 11.4 Å². The van der Waals surface area contributed by atoms with Gasteiger partial charge < -0.3 is 10.6 Å². The lowest BCUT2D eigenvalue weighted by Gasteiger charge is -2.06. The Hall–Kier alpha value is -3.39. The van der Waals surface area contributed by atoms with Crippen LogP contribution in [0.25, 0.3) is 5.57 Å². The van der Waals surface area contributed by atoms with Gasteiger partial charge in [0.15, 0.2) is 0 Å². The van der Waals surface area contributed by atoms with Crippen molar-refractivity contribution >= 4 is 16.9 Å². The maximum Gasteiger partial charge on any atom is 0.216 e. The lowest BCUT2D eigenvalue weighted by Crippen LogP contribution is -1.96. The maximum absolute atomic E-state index is 9.03. The van der Waals surface area contributed by atoms with Crippen molar-refractivity contribution in [1.29, 1.82) is 10.5 Å². The first kappa shape index (κ1) is 13.1. The number of hydrogen-bond acceptors (Lipinski definition) is 7. The zero-order valence-electron chi connectivity index (χ0n) is 10.5. The second-order valence-corrected chi connectivity index (χ2v) is 3.67. The lowest BCUT2D eigenvalue weighted by molar-refractivity contribution is 0.881. The molecule has 2 rings (SSSR count). The smallest absolute Gasteiger partial charge is 0.216 e. The molecule has 0 radical (unpaired) electrons. The van der Waals surface area contributed by atoms with Crippen LogP contribution >= 0.6 is 0 Å². The summed E-state index contributed by atoms with van der Waals surface area (Å²) in [5.41, 5.74) is 2.15. The van der Waals surface area contributed by atoms with Gasteiger partial charge in [-0.1, -0.05) is 0 Å². The van der Waals surface area contributed by atoms with Crippen LogP contribution in [0.3, 0.4) is 0 Å². The van der Waals surface area contributed by atoms with Crippen LogP contribution in [0.2, 0.25) is 0 Å². The fourth-order valence-electron chi connectivity index (χ4n) is 1.52. The van der Waals surface area contributed by atoms with Gasteiger partial charge in [-0.3, -0.25) is 0 Å². The summed E-state index contributed by atoms with van der Waals surface area (Å²) in [5, 5.41) is 37.0. The van der Waals surface area contributed by atoms with Crippen LogP contribution < -0.4 is 10.6 Å². The van der Waals surface area contributed by atoms with Gasteiger partial charge in [0.1, 0.15) is 17.7 Å². The number of aromatic amines is 1. The summed E-state index contributed by atoms with van der Waals surface area (Å²) in [6, 6.07) is 9.28. The predicted molar refractivity (Wildman–Crippen MR) is 72.1 cm³/mol. The molecule has 0 atom stereocenters. The lowest BCUT2D eigenvalue weighted by atomic mass is 10.1. The predicted octanol–water partition coefficient (Wildman–Crippen LogP) is 1.09. The molecule has 1 aromatic carbocycles. The monoisotopic (exact) mass is 266 g/mol. The van der Waals surface area contributed by atoms with Crippen LogP contribution in [0, 0.1) is 22.7 Å². The number of rotatable bonds is 4. The molecule has 1 aromatic heterocycles. The zero-order valence-corrected chi connectivity index (χ0v) is 10.5. The summed E-state index contributed by atoms with van der Waals surface area (Å²) < 4.78 is 0. The van der Waals surface area contributed by atoms with Gasteiger partial charge in [-0.2, -0.15) is 15.7 Å². The molecular formula is C12H10N8. The molecule has 0 bridgehead atoms. The molecule has 0 unspecified atom stereocenters. The van der Waals surface area contributed by atoms with E-state index in [1.165, 1.54) is 6.20 Å². The molecule has 0 saturated heterocycles. The average molecular weight is 266 g/mol. The van der Waals surface area contributed by atoms with Crippen LogP contribution in [0.5, 0.6) is 0 Å². The second-order valence-electron chi connectivity index (χ2n) is 3.67. The molecule has 0 aliphatic rings. The number of nitrogens with one attached hydrogen (secondary N) is 3. The minimum atomic E-state index is 0.201. The third-order valence-corrected chi connectivity index (χ3v) is 2.50. The van der Waals surface area contributed by atoms with Crippen LogP contribution in [-0.2, 0) is 0 Å². The number of allylic oxidation sites excluding steroid dienone is 1. The minimum absolute atomic E-state index is 0.201. The Morgan fingerprint density at radius 2 is 2.25 bits per heavy atom. The molecule has 8 heteroatoms. The molecule has 98 valence electrons. The van der Waals surface area contributed by atoms with Gasteiger partial charge >= 0.3 is 0 Å². The van der Waals surface area contributed by atoms with E-state index in [-0.39, 0.29) is 11.4 Å². The first-order valence-electron chi connectivity index (χ1n) is 5.61. The summed E-state index contributed by atoms with van der Waals surface area (Å²) in [6.07, 6.45) is 1.46. The Labute approximate surface area is 114 Å². The SMILES string of the molecule is CNc1ccc(NC=C(C#N)c2nn[nH]n2)cc1C#N. The molecule has 2 aromatic rings. The number of H-pyrrole nitrogens is 1. The zero-order chi connectivity index (χ0) is 14.4. The van der Waals surface area contributed by atoms with Gasteiger partial charge in [0, 0.05) is 18.9 Å². The Morgan fingerprint density at radius 3 is 2.85 bits per heavy atom. The first-order valence-corrected chi connectivity index (χ1v) is 5.61. The van der Waals surface area contributed by atoms with Crippen molar-refractivity contribution in [1.82, 2.24) is 20.6 Å². The van der Waals surface area contributed by atoms with Crippen LogP contribution in [-0.4, -0.2) is 27.7 Å². The quantitative estimate of drug-likeness (QED) is 0.707. The van der Waals surface area contributed by atoms with Crippen molar-refractivity contribution in [3.8, 4) is 12.1 Å². The number of tetrazole rings is 1. The molecule has 0 spiro atoms. The van der Waals surface area contributed by atoms with E-state index in [1.807, 2.05) is 6.07 Å². The van der Waals surface area contributed by atoms with Crippen LogP contribution in [0.4, 0.5) is 11.4 Å². The second kappa shape index (κ2) is 5.98. The molecule has 8 nitrogen and oxygen atoms in total. The summed E-state index contributed by atoms with van der Waals surface area (Å²) in [5.74, 6) is 0.201. The van der Waals surface area contributed by atoms with Crippen molar-refractivity contribution in [3.05, 3.63) is 35.8 Å². The van der Waals surface area contributed by atoms with E-state index in [4.69, 9.17) is 10.5 Å². The molecule has 0 aliphatic heterocycles. The van der Waals surface area contributed by atoms with Crippen molar-refractivity contribution in [3.63, 3.8) is 0 Å². The number of anilines is 2. The largest absolute Gasteiger partial charge is 0.387 e. The summed E-state index contributed by atoms with van der Waals surface area (Å²) in [4.78, 5) is 0. The van der Waals surface area contributed by atoms with E-state index in [2.05, 4.69) is 37.3 Å². The first-order chi connectivity index (χ1) is 9.78. The Bertz CT molecular complexity index is 702. The highest BCUT2D eigenvalue weighted by atomic mass is 15.5. The van der Waals surface area contributed by atoms with Crippen molar-refractivity contribution in [2.45, 2.75) is 0 Å². The highest BCUT2D eigenvalue weighted by molar-refractivity contribution is 5.74. The van der Waals surface area contributed by atoms with Gasteiger partial charge in [0.2, 0.25) is 5.82 Å². The van der Waals surface area contributed by atoms with Gasteiger partial charge in [-0.05, 0) is 23.4 Å². The maximum atomic E-state index is 9.03. The normalized spacial score (nSPS) is 10.4. The number of nitrogens with zero attached hydrogens (tertiary/aromatic N) is 5. The summed E-state index contributed by atoms with van der Waals surface area (Å²) in [6.45, 7) is 0. The molecule has 0 fully saturated rings. The third-order valence-electron chi connectivity index (χ3n) is 2.50. The van der Waals surface area contributed by atoms with Crippen molar-refractivity contribution in [2.75, 3.05) is 17.7 Å². The molecule has 0 amide bonds. The number of benzene rings is 1. The standard InChI is InChI=1S/C12H10N8/c1-15-11-3-2-10(4-8(11)5-13)16-7-9(6-14)12-17-19-20-18-12/h2-4,7,15-16H,1H3,(H,17,18,19,20). The van der Waals surface area contributed by atoms with Crippen molar-refractivity contribution < 1.29 is 0 Å². The van der Waals surface area contributed by atoms with Gasteiger partial charge in [-0.25, -0.2) is 0 Å².